The van der Waals surface area contributed by atoms with Crippen LogP contribution in [0.1, 0.15) is 24.0 Å². The standard InChI is InChI=1S/C14H19NO2/c1-16-13-8-11-5-3-4-10(6-7-15)12(11)9-14(13)17-2/h6,8-9H,3-5,7,15H2,1-2H3. The van der Waals surface area contributed by atoms with Gasteiger partial charge in [0.25, 0.3) is 0 Å². The van der Waals surface area contributed by atoms with Crippen LogP contribution < -0.4 is 15.2 Å². The molecule has 2 rings (SSSR count). The molecule has 1 aromatic rings. The molecule has 1 aromatic carbocycles. The van der Waals surface area contributed by atoms with Crippen molar-refractivity contribution in [3.63, 3.8) is 0 Å². The van der Waals surface area contributed by atoms with Gasteiger partial charge < -0.3 is 15.2 Å². The van der Waals surface area contributed by atoms with Crippen LogP contribution in [0.3, 0.4) is 0 Å². The van der Waals surface area contributed by atoms with Gasteiger partial charge in [-0.05, 0) is 48.1 Å². The highest BCUT2D eigenvalue weighted by molar-refractivity contribution is 5.72. The van der Waals surface area contributed by atoms with Crippen LogP contribution >= 0.6 is 0 Å². The van der Waals surface area contributed by atoms with E-state index in [1.54, 1.807) is 14.2 Å². The maximum absolute atomic E-state index is 5.61. The molecule has 0 saturated carbocycles. The molecule has 0 saturated heterocycles. The molecule has 1 aliphatic carbocycles. The van der Waals surface area contributed by atoms with Gasteiger partial charge in [0.15, 0.2) is 11.5 Å². The van der Waals surface area contributed by atoms with Gasteiger partial charge in [0.2, 0.25) is 0 Å². The second-order valence-corrected chi connectivity index (χ2v) is 4.18. The minimum atomic E-state index is 0.586. The van der Waals surface area contributed by atoms with E-state index in [1.807, 2.05) is 0 Å². The van der Waals surface area contributed by atoms with E-state index in [4.69, 9.17) is 15.2 Å². The topological polar surface area (TPSA) is 44.5 Å². The molecule has 0 amide bonds. The summed E-state index contributed by atoms with van der Waals surface area (Å²) in [6.07, 6.45) is 5.47. The fraction of sp³-hybridized carbons (Fsp3) is 0.429. The number of allylic oxidation sites excluding steroid dienone is 1. The fourth-order valence-electron chi connectivity index (χ4n) is 2.39. The number of methoxy groups -OCH3 is 2. The third-order valence-electron chi connectivity index (χ3n) is 3.21. The van der Waals surface area contributed by atoms with Crippen molar-refractivity contribution in [1.29, 1.82) is 0 Å². The molecule has 92 valence electrons. The Balaban J connectivity index is 2.51. The van der Waals surface area contributed by atoms with Crippen molar-refractivity contribution in [2.75, 3.05) is 20.8 Å². The summed E-state index contributed by atoms with van der Waals surface area (Å²) in [5.41, 5.74) is 9.53. The number of nitrogens with two attached hydrogens (primary N) is 1. The summed E-state index contributed by atoms with van der Waals surface area (Å²) in [5, 5.41) is 0. The highest BCUT2D eigenvalue weighted by Gasteiger charge is 2.17. The first-order chi connectivity index (χ1) is 8.30. The molecule has 0 fully saturated rings. The minimum absolute atomic E-state index is 0.586. The molecule has 0 bridgehead atoms. The Morgan fingerprint density at radius 1 is 1.18 bits per heavy atom. The monoisotopic (exact) mass is 233 g/mol. The van der Waals surface area contributed by atoms with Crippen molar-refractivity contribution in [2.45, 2.75) is 19.3 Å². The maximum Gasteiger partial charge on any atom is 0.161 e. The van der Waals surface area contributed by atoms with Crippen LogP contribution in [-0.4, -0.2) is 20.8 Å². The van der Waals surface area contributed by atoms with Crippen molar-refractivity contribution >= 4 is 5.57 Å². The van der Waals surface area contributed by atoms with E-state index >= 15 is 0 Å². The highest BCUT2D eigenvalue weighted by atomic mass is 16.5. The SMILES string of the molecule is COc1cc2c(cc1OC)C(=CCN)CCC2. The molecular weight excluding hydrogens is 214 g/mol. The Kier molecular flexibility index (Phi) is 3.69. The zero-order valence-electron chi connectivity index (χ0n) is 10.5. The number of fused-ring (bicyclic) bond motifs is 1. The van der Waals surface area contributed by atoms with E-state index < -0.39 is 0 Å². The number of benzene rings is 1. The van der Waals surface area contributed by atoms with E-state index in [0.29, 0.717) is 6.54 Å². The molecule has 0 heterocycles. The Morgan fingerprint density at radius 2 is 1.88 bits per heavy atom. The van der Waals surface area contributed by atoms with Gasteiger partial charge in [-0.1, -0.05) is 6.08 Å². The molecule has 0 aromatic heterocycles. The third-order valence-corrected chi connectivity index (χ3v) is 3.21. The number of aryl methyl sites for hydroxylation is 1. The maximum atomic E-state index is 5.61. The largest absolute Gasteiger partial charge is 0.493 e. The molecular formula is C14H19NO2. The van der Waals surface area contributed by atoms with E-state index in [0.717, 1.165) is 24.3 Å². The van der Waals surface area contributed by atoms with Crippen molar-refractivity contribution in [1.82, 2.24) is 0 Å². The van der Waals surface area contributed by atoms with Crippen molar-refractivity contribution < 1.29 is 9.47 Å². The number of hydrogen-bond acceptors (Lipinski definition) is 3. The Labute approximate surface area is 102 Å². The second kappa shape index (κ2) is 5.23. The summed E-state index contributed by atoms with van der Waals surface area (Å²) in [6.45, 7) is 0.586. The van der Waals surface area contributed by atoms with Crippen LogP contribution in [0, 0.1) is 0 Å². The summed E-state index contributed by atoms with van der Waals surface area (Å²) >= 11 is 0. The van der Waals surface area contributed by atoms with Gasteiger partial charge in [-0.25, -0.2) is 0 Å². The van der Waals surface area contributed by atoms with Crippen molar-refractivity contribution in [3.8, 4) is 11.5 Å². The first-order valence-corrected chi connectivity index (χ1v) is 5.94. The molecule has 3 nitrogen and oxygen atoms in total. The molecule has 2 N–H and O–H groups in total. The predicted octanol–water partition coefficient (Wildman–Crippen LogP) is 2.38. The van der Waals surface area contributed by atoms with Crippen LogP contribution in [0.25, 0.3) is 5.57 Å². The van der Waals surface area contributed by atoms with Gasteiger partial charge in [0.05, 0.1) is 14.2 Å². The van der Waals surface area contributed by atoms with Gasteiger partial charge in [0.1, 0.15) is 0 Å². The minimum Gasteiger partial charge on any atom is -0.493 e. The van der Waals surface area contributed by atoms with Crippen LogP contribution in [0.2, 0.25) is 0 Å². The quantitative estimate of drug-likeness (QED) is 0.871. The Hall–Kier alpha value is -1.48. The summed E-state index contributed by atoms with van der Waals surface area (Å²) in [6, 6.07) is 4.15. The molecule has 0 unspecified atom stereocenters. The lowest BCUT2D eigenvalue weighted by atomic mass is 9.86. The number of hydrogen-bond donors (Lipinski definition) is 1. The number of rotatable bonds is 3. The average Bonchev–Trinajstić information content (AvgIpc) is 2.38. The molecule has 0 radical (unpaired) electrons. The average molecular weight is 233 g/mol. The van der Waals surface area contributed by atoms with Crippen LogP contribution in [0.4, 0.5) is 0 Å². The zero-order chi connectivity index (χ0) is 12.3. The Bertz CT molecular complexity index is 438. The van der Waals surface area contributed by atoms with E-state index in [-0.39, 0.29) is 0 Å². The normalized spacial score (nSPS) is 16.8. The zero-order valence-corrected chi connectivity index (χ0v) is 10.5. The summed E-state index contributed by atoms with van der Waals surface area (Å²) in [5.74, 6) is 1.59. The van der Waals surface area contributed by atoms with Crippen LogP contribution in [0.5, 0.6) is 11.5 Å². The van der Waals surface area contributed by atoms with Gasteiger partial charge in [-0.15, -0.1) is 0 Å². The third kappa shape index (κ3) is 2.29. The van der Waals surface area contributed by atoms with Crippen molar-refractivity contribution in [3.05, 3.63) is 29.3 Å². The lowest BCUT2D eigenvalue weighted by molar-refractivity contribution is 0.354. The predicted molar refractivity (Wildman–Crippen MR) is 69.5 cm³/mol. The molecule has 0 atom stereocenters. The second-order valence-electron chi connectivity index (χ2n) is 4.18. The lowest BCUT2D eigenvalue weighted by Crippen LogP contribution is -2.05. The smallest absolute Gasteiger partial charge is 0.161 e. The van der Waals surface area contributed by atoms with Gasteiger partial charge >= 0.3 is 0 Å². The van der Waals surface area contributed by atoms with Gasteiger partial charge in [0, 0.05) is 6.54 Å². The van der Waals surface area contributed by atoms with E-state index in [2.05, 4.69) is 18.2 Å². The van der Waals surface area contributed by atoms with Crippen LogP contribution in [-0.2, 0) is 6.42 Å². The fourth-order valence-corrected chi connectivity index (χ4v) is 2.39. The lowest BCUT2D eigenvalue weighted by Gasteiger charge is -2.21. The first kappa shape index (κ1) is 12.0. The molecule has 1 aliphatic rings. The van der Waals surface area contributed by atoms with Gasteiger partial charge in [-0.3, -0.25) is 0 Å². The molecule has 0 aliphatic heterocycles. The number of ether oxygens (including phenoxy) is 2. The molecule has 17 heavy (non-hydrogen) atoms. The molecule has 0 spiro atoms. The van der Waals surface area contributed by atoms with Crippen LogP contribution in [0.15, 0.2) is 18.2 Å². The molecule has 3 heteroatoms. The van der Waals surface area contributed by atoms with E-state index in [9.17, 15) is 0 Å². The highest BCUT2D eigenvalue weighted by Crippen LogP contribution is 2.38. The Morgan fingerprint density at radius 3 is 2.53 bits per heavy atom. The summed E-state index contributed by atoms with van der Waals surface area (Å²) in [7, 11) is 3.34. The first-order valence-electron chi connectivity index (χ1n) is 5.94. The summed E-state index contributed by atoms with van der Waals surface area (Å²) < 4.78 is 10.7. The van der Waals surface area contributed by atoms with Gasteiger partial charge in [-0.2, -0.15) is 0 Å². The summed E-state index contributed by atoms with van der Waals surface area (Å²) in [4.78, 5) is 0. The van der Waals surface area contributed by atoms with Crippen molar-refractivity contribution in [2.24, 2.45) is 5.73 Å². The van der Waals surface area contributed by atoms with E-state index in [1.165, 1.54) is 23.1 Å².